The van der Waals surface area contributed by atoms with Crippen LogP contribution in [0.15, 0.2) is 24.5 Å². The minimum atomic E-state index is -0.337. The summed E-state index contributed by atoms with van der Waals surface area (Å²) < 4.78 is 2.03. The molecule has 2 aromatic heterocycles. The van der Waals surface area contributed by atoms with Crippen LogP contribution in [0.25, 0.3) is 0 Å². The summed E-state index contributed by atoms with van der Waals surface area (Å²) in [7, 11) is 4.12. The first kappa shape index (κ1) is 18.0. The van der Waals surface area contributed by atoms with E-state index in [0.717, 1.165) is 37.2 Å². The van der Waals surface area contributed by atoms with Gasteiger partial charge in [-0.2, -0.15) is 0 Å². The Kier molecular flexibility index (Phi) is 4.90. The fourth-order valence-corrected chi connectivity index (χ4v) is 4.44. The third kappa shape index (κ3) is 3.34. The van der Waals surface area contributed by atoms with Gasteiger partial charge in [0.05, 0.1) is 12.5 Å². The quantitative estimate of drug-likeness (QED) is 0.793. The molecule has 27 heavy (non-hydrogen) atoms. The maximum atomic E-state index is 12.9. The van der Waals surface area contributed by atoms with Gasteiger partial charge < -0.3 is 4.90 Å². The number of carbonyl (C=O) groups excluding carboxylic acids is 1. The molecular formula is C19H27N7O. The standard InChI is InChI=1S/C19H27N7O/c1-24(2)19(18-21-22-23-26(18)16-7-3-4-8-16)9-11-25(14-19)17(27)12-15-6-5-10-20-13-15/h5-6,10,13,16H,3-4,7-9,11-12,14H2,1-2H3. The van der Waals surface area contributed by atoms with E-state index in [0.29, 0.717) is 19.0 Å². The number of nitrogens with zero attached hydrogens (tertiary/aromatic N) is 7. The monoisotopic (exact) mass is 369 g/mol. The second-order valence-electron chi connectivity index (χ2n) is 7.91. The summed E-state index contributed by atoms with van der Waals surface area (Å²) in [5.74, 6) is 1.03. The lowest BCUT2D eigenvalue weighted by molar-refractivity contribution is -0.130. The van der Waals surface area contributed by atoms with E-state index in [9.17, 15) is 4.79 Å². The molecule has 1 aliphatic heterocycles. The van der Waals surface area contributed by atoms with E-state index in [2.05, 4.69) is 39.5 Å². The van der Waals surface area contributed by atoms with Crippen molar-refractivity contribution in [3.8, 4) is 0 Å². The van der Waals surface area contributed by atoms with Crippen LogP contribution in [-0.4, -0.2) is 68.1 Å². The number of rotatable bonds is 5. The number of amides is 1. The highest BCUT2D eigenvalue weighted by molar-refractivity contribution is 5.79. The zero-order valence-electron chi connectivity index (χ0n) is 16.1. The highest BCUT2D eigenvalue weighted by Crippen LogP contribution is 2.38. The summed E-state index contributed by atoms with van der Waals surface area (Å²) in [5, 5.41) is 12.8. The van der Waals surface area contributed by atoms with Crippen molar-refractivity contribution in [2.75, 3.05) is 27.2 Å². The zero-order valence-corrected chi connectivity index (χ0v) is 16.1. The lowest BCUT2D eigenvalue weighted by Crippen LogP contribution is -2.47. The van der Waals surface area contributed by atoms with Gasteiger partial charge in [-0.25, -0.2) is 4.68 Å². The topological polar surface area (TPSA) is 80.0 Å². The van der Waals surface area contributed by atoms with Crippen molar-refractivity contribution in [2.24, 2.45) is 0 Å². The largest absolute Gasteiger partial charge is 0.340 e. The number of likely N-dealkylation sites (N-methyl/N-ethyl adjacent to an activating group) is 1. The Bertz CT molecular complexity index is 784. The predicted molar refractivity (Wildman–Crippen MR) is 99.8 cm³/mol. The zero-order chi connectivity index (χ0) is 18.9. The van der Waals surface area contributed by atoms with Crippen molar-refractivity contribution >= 4 is 5.91 Å². The van der Waals surface area contributed by atoms with E-state index in [-0.39, 0.29) is 11.4 Å². The third-order valence-electron chi connectivity index (χ3n) is 6.11. The molecule has 0 aromatic carbocycles. The number of pyridine rings is 1. The molecule has 0 N–H and O–H groups in total. The van der Waals surface area contributed by atoms with E-state index in [1.165, 1.54) is 12.8 Å². The van der Waals surface area contributed by atoms with E-state index < -0.39 is 0 Å². The van der Waals surface area contributed by atoms with E-state index in [1.807, 2.05) is 21.7 Å². The molecule has 0 radical (unpaired) electrons. The molecule has 8 heteroatoms. The van der Waals surface area contributed by atoms with Gasteiger partial charge in [0.15, 0.2) is 5.82 Å². The van der Waals surface area contributed by atoms with Gasteiger partial charge in [-0.15, -0.1) is 5.10 Å². The Balaban J connectivity index is 1.56. The average molecular weight is 369 g/mol. The molecule has 4 rings (SSSR count). The molecule has 3 heterocycles. The molecule has 144 valence electrons. The van der Waals surface area contributed by atoms with E-state index >= 15 is 0 Å². The van der Waals surface area contributed by atoms with E-state index in [1.54, 1.807) is 12.4 Å². The number of tetrazole rings is 1. The Morgan fingerprint density at radius 3 is 2.85 bits per heavy atom. The lowest BCUT2D eigenvalue weighted by Gasteiger charge is -2.35. The van der Waals surface area contributed by atoms with Crippen LogP contribution < -0.4 is 0 Å². The molecule has 2 aromatic rings. The molecule has 0 spiro atoms. The van der Waals surface area contributed by atoms with Crippen molar-refractivity contribution in [3.05, 3.63) is 35.9 Å². The second-order valence-corrected chi connectivity index (χ2v) is 7.91. The summed E-state index contributed by atoms with van der Waals surface area (Å²) in [6.45, 7) is 1.33. The van der Waals surface area contributed by atoms with Gasteiger partial charge in [0, 0.05) is 25.5 Å². The first-order valence-electron chi connectivity index (χ1n) is 9.72. The maximum absolute atomic E-state index is 12.9. The number of likely N-dealkylation sites (tertiary alicyclic amines) is 1. The van der Waals surface area contributed by atoms with Gasteiger partial charge >= 0.3 is 0 Å². The number of aromatic nitrogens is 5. The van der Waals surface area contributed by atoms with E-state index in [4.69, 9.17) is 0 Å². The molecular weight excluding hydrogens is 342 g/mol. The van der Waals surface area contributed by atoms with Crippen LogP contribution in [0.1, 0.15) is 49.5 Å². The molecule has 1 atom stereocenters. The summed E-state index contributed by atoms with van der Waals surface area (Å²) in [5.41, 5.74) is 0.608. The minimum Gasteiger partial charge on any atom is -0.340 e. The van der Waals surface area contributed by atoms with Crippen LogP contribution in [0.3, 0.4) is 0 Å². The van der Waals surface area contributed by atoms with Crippen LogP contribution >= 0.6 is 0 Å². The maximum Gasteiger partial charge on any atom is 0.227 e. The molecule has 1 aliphatic carbocycles. The van der Waals surface area contributed by atoms with Crippen LogP contribution in [0.5, 0.6) is 0 Å². The minimum absolute atomic E-state index is 0.131. The Morgan fingerprint density at radius 2 is 2.15 bits per heavy atom. The predicted octanol–water partition coefficient (Wildman–Crippen LogP) is 1.42. The molecule has 8 nitrogen and oxygen atoms in total. The first-order valence-corrected chi connectivity index (χ1v) is 9.72. The molecule has 2 aliphatic rings. The summed E-state index contributed by atoms with van der Waals surface area (Å²) in [6, 6.07) is 4.19. The third-order valence-corrected chi connectivity index (χ3v) is 6.11. The van der Waals surface area contributed by atoms with Crippen LogP contribution in [0, 0.1) is 0 Å². The van der Waals surface area contributed by atoms with Gasteiger partial charge in [-0.1, -0.05) is 18.9 Å². The van der Waals surface area contributed by atoms with Gasteiger partial charge in [-0.3, -0.25) is 14.7 Å². The van der Waals surface area contributed by atoms with Gasteiger partial charge in [0.25, 0.3) is 0 Å². The molecule has 1 saturated carbocycles. The number of carbonyl (C=O) groups is 1. The molecule has 1 unspecified atom stereocenters. The molecule has 2 fully saturated rings. The number of hydrogen-bond donors (Lipinski definition) is 0. The van der Waals surface area contributed by atoms with Gasteiger partial charge in [-0.05, 0) is 55.4 Å². The summed E-state index contributed by atoms with van der Waals surface area (Å²) in [6.07, 6.45) is 9.42. The second kappa shape index (κ2) is 7.34. The highest BCUT2D eigenvalue weighted by atomic mass is 16.2. The van der Waals surface area contributed by atoms with Gasteiger partial charge in [0.2, 0.25) is 5.91 Å². The fraction of sp³-hybridized carbons (Fsp3) is 0.632. The normalized spacial score (nSPS) is 23.4. The van der Waals surface area contributed by atoms with Crippen molar-refractivity contribution in [3.63, 3.8) is 0 Å². The summed E-state index contributed by atoms with van der Waals surface area (Å²) >= 11 is 0. The SMILES string of the molecule is CN(C)C1(c2nnnn2C2CCCC2)CCN(C(=O)Cc2cccnc2)C1. The smallest absolute Gasteiger partial charge is 0.227 e. The van der Waals surface area contributed by atoms with Crippen molar-refractivity contribution < 1.29 is 4.79 Å². The Morgan fingerprint density at radius 1 is 1.33 bits per heavy atom. The van der Waals surface area contributed by atoms with Crippen LogP contribution in [0.2, 0.25) is 0 Å². The van der Waals surface area contributed by atoms with Crippen molar-refractivity contribution in [1.29, 1.82) is 0 Å². The van der Waals surface area contributed by atoms with Crippen LogP contribution in [0.4, 0.5) is 0 Å². The summed E-state index contributed by atoms with van der Waals surface area (Å²) in [4.78, 5) is 21.1. The molecule has 1 amide bonds. The first-order chi connectivity index (χ1) is 13.1. The van der Waals surface area contributed by atoms with Crippen molar-refractivity contribution in [1.82, 2.24) is 35.0 Å². The fourth-order valence-electron chi connectivity index (χ4n) is 4.44. The number of hydrogen-bond acceptors (Lipinski definition) is 6. The Labute approximate surface area is 159 Å². The highest BCUT2D eigenvalue weighted by Gasteiger charge is 2.47. The van der Waals surface area contributed by atoms with Crippen molar-refractivity contribution in [2.45, 2.75) is 50.1 Å². The molecule has 1 saturated heterocycles. The lowest BCUT2D eigenvalue weighted by atomic mass is 9.95. The van der Waals surface area contributed by atoms with Gasteiger partial charge in [0.1, 0.15) is 5.54 Å². The Hall–Kier alpha value is -2.35. The van der Waals surface area contributed by atoms with Crippen LogP contribution in [-0.2, 0) is 16.8 Å². The molecule has 0 bridgehead atoms. The average Bonchev–Trinajstić information content (AvgIpc) is 3.41.